The van der Waals surface area contributed by atoms with E-state index in [-0.39, 0.29) is 5.82 Å². The Hall–Kier alpha value is -2.10. The lowest BCUT2D eigenvalue weighted by atomic mass is 10.1. The van der Waals surface area contributed by atoms with Crippen molar-refractivity contribution in [1.29, 1.82) is 0 Å². The maximum absolute atomic E-state index is 13.4. The van der Waals surface area contributed by atoms with E-state index in [2.05, 4.69) is 11.6 Å². The van der Waals surface area contributed by atoms with Crippen LogP contribution in [0.15, 0.2) is 30.9 Å². The maximum atomic E-state index is 13.4. The number of halogens is 1. The van der Waals surface area contributed by atoms with Crippen LogP contribution in [0.4, 0.5) is 10.2 Å². The molecule has 1 aromatic heterocycles. The highest BCUT2D eigenvalue weighted by Crippen LogP contribution is 2.29. The van der Waals surface area contributed by atoms with Gasteiger partial charge in [-0.05, 0) is 24.6 Å². The lowest BCUT2D eigenvalue weighted by Gasteiger charge is -2.06. The second-order valence-electron chi connectivity index (χ2n) is 4.47. The molecule has 0 aliphatic heterocycles. The molecule has 0 aliphatic carbocycles. The fraction of sp³-hybridized carbons (Fsp3) is 0.267. The fourth-order valence-corrected chi connectivity index (χ4v) is 2.16. The van der Waals surface area contributed by atoms with Gasteiger partial charge in [-0.15, -0.1) is 6.58 Å². The average Bonchev–Trinajstić information content (AvgIpc) is 2.70. The molecular weight excluding hydrogens is 241 g/mol. The van der Waals surface area contributed by atoms with Gasteiger partial charge in [0.15, 0.2) is 0 Å². The van der Waals surface area contributed by atoms with Gasteiger partial charge in [-0.25, -0.2) is 9.37 Å². The van der Waals surface area contributed by atoms with Gasteiger partial charge < -0.3 is 10.3 Å². The molecule has 19 heavy (non-hydrogen) atoms. The normalized spacial score (nSPS) is 10.7. The van der Waals surface area contributed by atoms with E-state index < -0.39 is 0 Å². The molecule has 4 heteroatoms. The topological polar surface area (TPSA) is 43.8 Å². The highest BCUT2D eigenvalue weighted by atomic mass is 19.1. The Balaban J connectivity index is 2.62. The van der Waals surface area contributed by atoms with Crippen molar-refractivity contribution in [2.75, 3.05) is 5.73 Å². The number of hydrogen-bond acceptors (Lipinski definition) is 2. The number of imidazole rings is 1. The third kappa shape index (κ3) is 2.38. The molecule has 0 aliphatic rings. The zero-order valence-corrected chi connectivity index (χ0v) is 11.3. The molecule has 0 saturated heterocycles. The molecule has 0 radical (unpaired) electrons. The first kappa shape index (κ1) is 13.3. The van der Waals surface area contributed by atoms with Crippen molar-refractivity contribution in [2.45, 2.75) is 26.8 Å². The van der Waals surface area contributed by atoms with Crippen LogP contribution in [0.25, 0.3) is 11.3 Å². The molecule has 100 valence electrons. The lowest BCUT2D eigenvalue weighted by molar-refractivity contribution is 0.628. The summed E-state index contributed by atoms with van der Waals surface area (Å²) in [5, 5.41) is 0. The number of hydrogen-bond donors (Lipinski definition) is 1. The largest absolute Gasteiger partial charge is 0.383 e. The molecule has 0 atom stereocenters. The summed E-state index contributed by atoms with van der Waals surface area (Å²) in [6.45, 7) is 8.27. The summed E-state index contributed by atoms with van der Waals surface area (Å²) in [7, 11) is 0. The van der Waals surface area contributed by atoms with Crippen molar-refractivity contribution in [3.05, 3.63) is 48.1 Å². The van der Waals surface area contributed by atoms with Crippen LogP contribution in [0.1, 0.15) is 18.3 Å². The van der Waals surface area contributed by atoms with Gasteiger partial charge in [0, 0.05) is 18.5 Å². The van der Waals surface area contributed by atoms with Crippen LogP contribution >= 0.6 is 0 Å². The molecule has 0 bridgehead atoms. The van der Waals surface area contributed by atoms with Crippen molar-refractivity contribution in [3.8, 4) is 11.3 Å². The Morgan fingerprint density at radius 3 is 2.84 bits per heavy atom. The third-order valence-electron chi connectivity index (χ3n) is 3.17. The summed E-state index contributed by atoms with van der Waals surface area (Å²) in [5.41, 5.74) is 8.50. The lowest BCUT2D eigenvalue weighted by Crippen LogP contribution is -2.05. The number of benzene rings is 1. The van der Waals surface area contributed by atoms with Gasteiger partial charge in [0.05, 0.1) is 0 Å². The predicted molar refractivity (Wildman–Crippen MR) is 76.3 cm³/mol. The number of aromatic nitrogens is 2. The molecule has 2 aromatic rings. The Morgan fingerprint density at radius 1 is 1.47 bits per heavy atom. The molecule has 2 N–H and O–H groups in total. The van der Waals surface area contributed by atoms with Gasteiger partial charge in [-0.2, -0.15) is 0 Å². The molecule has 2 rings (SSSR count). The van der Waals surface area contributed by atoms with Gasteiger partial charge in [0.2, 0.25) is 0 Å². The first-order chi connectivity index (χ1) is 9.08. The van der Waals surface area contributed by atoms with Gasteiger partial charge in [0.25, 0.3) is 0 Å². The van der Waals surface area contributed by atoms with E-state index in [4.69, 9.17) is 5.73 Å². The quantitative estimate of drug-likeness (QED) is 0.856. The number of aryl methyl sites for hydroxylation is 2. The fourth-order valence-electron chi connectivity index (χ4n) is 2.16. The van der Waals surface area contributed by atoms with E-state index in [0.717, 1.165) is 23.4 Å². The molecule has 0 saturated carbocycles. The van der Waals surface area contributed by atoms with E-state index in [0.29, 0.717) is 18.1 Å². The molecule has 0 unspecified atom stereocenters. The zero-order chi connectivity index (χ0) is 14.0. The molecule has 0 fully saturated rings. The summed E-state index contributed by atoms with van der Waals surface area (Å²) < 4.78 is 15.3. The van der Waals surface area contributed by atoms with Gasteiger partial charge in [-0.3, -0.25) is 0 Å². The molecule has 3 nitrogen and oxygen atoms in total. The third-order valence-corrected chi connectivity index (χ3v) is 3.17. The minimum Gasteiger partial charge on any atom is -0.383 e. The van der Waals surface area contributed by atoms with Crippen molar-refractivity contribution < 1.29 is 4.39 Å². The number of rotatable bonds is 4. The number of nitrogens with zero attached hydrogens (tertiary/aromatic N) is 2. The van der Waals surface area contributed by atoms with Crippen LogP contribution in [-0.2, 0) is 13.0 Å². The maximum Gasteiger partial charge on any atom is 0.132 e. The van der Waals surface area contributed by atoms with E-state index in [1.807, 2.05) is 18.4 Å². The number of allylic oxidation sites excluding steroid dienone is 1. The second kappa shape index (κ2) is 5.26. The van der Waals surface area contributed by atoms with Crippen LogP contribution in [0.2, 0.25) is 0 Å². The minimum atomic E-state index is -0.281. The standard InChI is InChI=1S/C15H18FN3/c1-4-8-19-13(5-2)18-14(15(19)17)12-9-11(16)7-6-10(12)3/h4,6-7,9H,1,5,8,17H2,2-3H3. The monoisotopic (exact) mass is 259 g/mol. The summed E-state index contributed by atoms with van der Waals surface area (Å²) in [6.07, 6.45) is 2.55. The van der Waals surface area contributed by atoms with E-state index in [1.54, 1.807) is 12.1 Å². The van der Waals surface area contributed by atoms with Gasteiger partial charge >= 0.3 is 0 Å². The van der Waals surface area contributed by atoms with Crippen LogP contribution < -0.4 is 5.73 Å². The molecule has 0 amide bonds. The summed E-state index contributed by atoms with van der Waals surface area (Å²) >= 11 is 0. The van der Waals surface area contributed by atoms with Gasteiger partial charge in [-0.1, -0.05) is 19.1 Å². The molecule has 1 heterocycles. The van der Waals surface area contributed by atoms with Crippen molar-refractivity contribution in [2.24, 2.45) is 0 Å². The summed E-state index contributed by atoms with van der Waals surface area (Å²) in [6, 6.07) is 4.66. The van der Waals surface area contributed by atoms with Crippen molar-refractivity contribution in [1.82, 2.24) is 9.55 Å². The highest BCUT2D eigenvalue weighted by Gasteiger charge is 2.16. The van der Waals surface area contributed by atoms with Crippen LogP contribution in [0, 0.1) is 12.7 Å². The zero-order valence-electron chi connectivity index (χ0n) is 11.3. The highest BCUT2D eigenvalue weighted by molar-refractivity contribution is 5.73. The molecule has 1 aromatic carbocycles. The second-order valence-corrected chi connectivity index (χ2v) is 4.47. The first-order valence-corrected chi connectivity index (χ1v) is 6.30. The Bertz CT molecular complexity index is 614. The minimum absolute atomic E-state index is 0.281. The Labute approximate surface area is 112 Å². The van der Waals surface area contributed by atoms with E-state index in [1.165, 1.54) is 12.1 Å². The Morgan fingerprint density at radius 2 is 2.21 bits per heavy atom. The smallest absolute Gasteiger partial charge is 0.132 e. The average molecular weight is 259 g/mol. The number of nitrogens with two attached hydrogens (primary N) is 1. The number of anilines is 1. The van der Waals surface area contributed by atoms with Crippen LogP contribution in [-0.4, -0.2) is 9.55 Å². The van der Waals surface area contributed by atoms with Crippen LogP contribution in [0.5, 0.6) is 0 Å². The van der Waals surface area contributed by atoms with Crippen molar-refractivity contribution in [3.63, 3.8) is 0 Å². The van der Waals surface area contributed by atoms with Gasteiger partial charge in [0.1, 0.15) is 23.2 Å². The molecule has 0 spiro atoms. The van der Waals surface area contributed by atoms with Crippen LogP contribution in [0.3, 0.4) is 0 Å². The molecular formula is C15H18FN3. The van der Waals surface area contributed by atoms with E-state index in [9.17, 15) is 4.39 Å². The first-order valence-electron chi connectivity index (χ1n) is 6.30. The SMILES string of the molecule is C=CCn1c(CC)nc(-c2cc(F)ccc2C)c1N. The van der Waals surface area contributed by atoms with Crippen molar-refractivity contribution >= 4 is 5.82 Å². The Kier molecular flexibility index (Phi) is 3.69. The number of nitrogen functional groups attached to an aromatic ring is 1. The predicted octanol–water partition coefficient (Wildman–Crippen LogP) is 3.33. The summed E-state index contributed by atoms with van der Waals surface area (Å²) in [4.78, 5) is 4.54. The van der Waals surface area contributed by atoms with E-state index >= 15 is 0 Å². The summed E-state index contributed by atoms with van der Waals surface area (Å²) in [5.74, 6) is 1.16.